The lowest BCUT2D eigenvalue weighted by molar-refractivity contribution is 0.0710. The molecular weight excluding hydrogens is 537 g/mol. The number of ether oxygens (including phenoxy) is 3. The highest BCUT2D eigenvalue weighted by Crippen LogP contribution is 2.29. The third-order valence-electron chi connectivity index (χ3n) is 7.41. The summed E-state index contributed by atoms with van der Waals surface area (Å²) in [4.78, 5) is 19.5. The second-order valence-corrected chi connectivity index (χ2v) is 10.2. The van der Waals surface area contributed by atoms with E-state index in [1.54, 1.807) is 33.5 Å². The molecule has 3 aromatic carbocycles. The van der Waals surface area contributed by atoms with E-state index in [9.17, 15) is 9.18 Å². The average Bonchev–Trinajstić information content (AvgIpc) is 3.49. The van der Waals surface area contributed by atoms with Gasteiger partial charge in [-0.25, -0.2) is 4.39 Å². The fourth-order valence-corrected chi connectivity index (χ4v) is 5.21. The largest absolute Gasteiger partial charge is 0.497 e. The van der Waals surface area contributed by atoms with Gasteiger partial charge in [0.1, 0.15) is 17.3 Å². The number of hydrogen-bond acceptors (Lipinski definition) is 7. The lowest BCUT2D eigenvalue weighted by Crippen LogP contribution is -2.48. The van der Waals surface area contributed by atoms with Gasteiger partial charge in [0.25, 0.3) is 5.91 Å². The van der Waals surface area contributed by atoms with Crippen LogP contribution in [0.15, 0.2) is 83.3 Å². The Kier molecular flexibility index (Phi) is 9.28. The van der Waals surface area contributed by atoms with Crippen molar-refractivity contribution in [3.05, 3.63) is 107 Å². The molecule has 0 spiro atoms. The van der Waals surface area contributed by atoms with Crippen molar-refractivity contribution >= 4 is 11.6 Å². The molecule has 8 nitrogen and oxygen atoms in total. The molecule has 0 N–H and O–H groups in total. The van der Waals surface area contributed by atoms with Gasteiger partial charge in [0.2, 0.25) is 0 Å². The predicted molar refractivity (Wildman–Crippen MR) is 159 cm³/mol. The number of benzene rings is 3. The SMILES string of the molecule is COc1ccc(N2CCN(C(=O)c3ccc(CN(Cc4cccc(F)c4)Cc4ccc(OC)c(OC)c4)o3)CC2)cc1. The highest BCUT2D eigenvalue weighted by molar-refractivity contribution is 5.91. The molecule has 42 heavy (non-hydrogen) atoms. The normalized spacial score (nSPS) is 13.4. The fraction of sp³-hybridized carbons (Fsp3) is 0.303. The maximum atomic E-state index is 14.0. The van der Waals surface area contributed by atoms with E-state index in [0.29, 0.717) is 55.7 Å². The van der Waals surface area contributed by atoms with Crippen molar-refractivity contribution < 1.29 is 27.8 Å². The summed E-state index contributed by atoms with van der Waals surface area (Å²) < 4.78 is 36.1. The zero-order chi connectivity index (χ0) is 29.5. The third kappa shape index (κ3) is 7.03. The maximum Gasteiger partial charge on any atom is 0.289 e. The minimum atomic E-state index is -0.281. The Balaban J connectivity index is 1.25. The van der Waals surface area contributed by atoms with Gasteiger partial charge >= 0.3 is 0 Å². The minimum absolute atomic E-state index is 0.118. The predicted octanol–water partition coefficient (Wildman–Crippen LogP) is 5.61. The molecule has 0 saturated carbocycles. The first kappa shape index (κ1) is 29.0. The van der Waals surface area contributed by atoms with Crippen molar-refractivity contribution in [2.75, 3.05) is 52.4 Å². The molecule has 4 aromatic rings. The Labute approximate surface area is 245 Å². The number of nitrogens with zero attached hydrogens (tertiary/aromatic N) is 3. The van der Waals surface area contributed by atoms with Crippen molar-refractivity contribution in [1.82, 2.24) is 9.80 Å². The van der Waals surface area contributed by atoms with Crippen LogP contribution in [0.4, 0.5) is 10.1 Å². The number of carbonyl (C=O) groups is 1. The summed E-state index contributed by atoms with van der Waals surface area (Å²) in [5.74, 6) is 2.69. The first-order valence-electron chi connectivity index (χ1n) is 13.9. The van der Waals surface area contributed by atoms with Gasteiger partial charge in [-0.1, -0.05) is 18.2 Å². The number of halogens is 1. The monoisotopic (exact) mass is 573 g/mol. The number of anilines is 1. The number of amides is 1. The molecule has 220 valence electrons. The van der Waals surface area contributed by atoms with Crippen LogP contribution in [-0.2, 0) is 19.6 Å². The Morgan fingerprint density at radius 2 is 1.50 bits per heavy atom. The molecule has 1 fully saturated rings. The number of carbonyl (C=O) groups excluding carboxylic acids is 1. The van der Waals surface area contributed by atoms with Crippen LogP contribution < -0.4 is 19.1 Å². The lowest BCUT2D eigenvalue weighted by Gasteiger charge is -2.35. The fourth-order valence-electron chi connectivity index (χ4n) is 5.21. The topological polar surface area (TPSA) is 67.6 Å². The molecule has 1 aliphatic rings. The number of furan rings is 1. The summed E-state index contributed by atoms with van der Waals surface area (Å²) in [6.07, 6.45) is 0. The standard InChI is InChI=1S/C33H36FN3O5/c1-39-28-10-8-27(9-11-28)36-15-17-37(18-16-36)33(38)31-14-12-29(42-31)23-35(21-24-5-4-6-26(34)19-24)22-25-7-13-30(40-2)32(20-25)41-3/h4-14,19-20H,15-18,21-23H2,1-3H3. The van der Waals surface area contributed by atoms with E-state index in [4.69, 9.17) is 18.6 Å². The molecule has 0 radical (unpaired) electrons. The molecular formula is C33H36FN3O5. The molecule has 9 heteroatoms. The first-order chi connectivity index (χ1) is 20.4. The van der Waals surface area contributed by atoms with Crippen LogP contribution in [0.5, 0.6) is 17.2 Å². The molecule has 1 aliphatic heterocycles. The van der Waals surface area contributed by atoms with Crippen molar-refractivity contribution in [2.24, 2.45) is 0 Å². The van der Waals surface area contributed by atoms with Crippen molar-refractivity contribution in [1.29, 1.82) is 0 Å². The molecule has 0 aliphatic carbocycles. The van der Waals surface area contributed by atoms with Crippen LogP contribution in [0, 0.1) is 5.82 Å². The molecule has 0 unspecified atom stereocenters. The Morgan fingerprint density at radius 1 is 0.786 bits per heavy atom. The zero-order valence-corrected chi connectivity index (χ0v) is 24.2. The minimum Gasteiger partial charge on any atom is -0.497 e. The van der Waals surface area contributed by atoms with E-state index in [-0.39, 0.29) is 11.7 Å². The summed E-state index contributed by atoms with van der Waals surface area (Å²) in [5, 5.41) is 0. The summed E-state index contributed by atoms with van der Waals surface area (Å²) in [6, 6.07) is 23.9. The highest BCUT2D eigenvalue weighted by Gasteiger charge is 2.25. The highest BCUT2D eigenvalue weighted by atomic mass is 19.1. The van der Waals surface area contributed by atoms with Gasteiger partial charge in [-0.3, -0.25) is 9.69 Å². The summed E-state index contributed by atoms with van der Waals surface area (Å²) >= 11 is 0. The van der Waals surface area contributed by atoms with Gasteiger partial charge in [0, 0.05) is 45.0 Å². The van der Waals surface area contributed by atoms with Crippen molar-refractivity contribution in [3.8, 4) is 17.2 Å². The number of hydrogen-bond donors (Lipinski definition) is 0. The van der Waals surface area contributed by atoms with E-state index < -0.39 is 0 Å². The van der Waals surface area contributed by atoms with Gasteiger partial charge in [-0.05, 0) is 71.8 Å². The summed E-state index contributed by atoms with van der Waals surface area (Å²) in [5.41, 5.74) is 2.95. The van der Waals surface area contributed by atoms with Gasteiger partial charge in [-0.2, -0.15) is 0 Å². The quantitative estimate of drug-likeness (QED) is 0.231. The molecule has 1 amide bonds. The first-order valence-corrected chi connectivity index (χ1v) is 13.9. The van der Waals surface area contributed by atoms with Gasteiger partial charge in [0.05, 0.1) is 27.9 Å². The third-order valence-corrected chi connectivity index (χ3v) is 7.41. The van der Waals surface area contributed by atoms with E-state index in [1.807, 2.05) is 59.5 Å². The Hall–Kier alpha value is -4.50. The molecule has 1 aromatic heterocycles. The van der Waals surface area contributed by atoms with Crippen LogP contribution in [-0.4, -0.2) is 63.2 Å². The van der Waals surface area contributed by atoms with E-state index >= 15 is 0 Å². The smallest absolute Gasteiger partial charge is 0.289 e. The maximum absolute atomic E-state index is 14.0. The summed E-state index contributed by atoms with van der Waals surface area (Å²) in [6.45, 7) is 4.15. The van der Waals surface area contributed by atoms with Crippen LogP contribution in [0.2, 0.25) is 0 Å². The molecule has 0 bridgehead atoms. The van der Waals surface area contributed by atoms with Crippen LogP contribution >= 0.6 is 0 Å². The van der Waals surface area contributed by atoms with Crippen LogP contribution in [0.1, 0.15) is 27.4 Å². The van der Waals surface area contributed by atoms with Gasteiger partial charge in [-0.15, -0.1) is 0 Å². The molecule has 0 atom stereocenters. The van der Waals surface area contributed by atoms with Crippen LogP contribution in [0.3, 0.4) is 0 Å². The Bertz CT molecular complexity index is 1480. The van der Waals surface area contributed by atoms with Crippen molar-refractivity contribution in [2.45, 2.75) is 19.6 Å². The second-order valence-electron chi connectivity index (χ2n) is 10.2. The van der Waals surface area contributed by atoms with Crippen molar-refractivity contribution in [3.63, 3.8) is 0 Å². The lowest BCUT2D eigenvalue weighted by atomic mass is 10.1. The van der Waals surface area contributed by atoms with E-state index in [1.165, 1.54) is 12.1 Å². The van der Waals surface area contributed by atoms with E-state index in [0.717, 1.165) is 35.7 Å². The number of methoxy groups -OCH3 is 3. The number of rotatable bonds is 11. The van der Waals surface area contributed by atoms with E-state index in [2.05, 4.69) is 9.80 Å². The molecule has 2 heterocycles. The summed E-state index contributed by atoms with van der Waals surface area (Å²) in [7, 11) is 4.86. The van der Waals surface area contributed by atoms with Crippen LogP contribution in [0.25, 0.3) is 0 Å². The molecule has 1 saturated heterocycles. The second kappa shape index (κ2) is 13.4. The van der Waals surface area contributed by atoms with Gasteiger partial charge < -0.3 is 28.4 Å². The number of piperazine rings is 1. The van der Waals surface area contributed by atoms with Gasteiger partial charge in [0.15, 0.2) is 17.3 Å². The molecule has 5 rings (SSSR count). The zero-order valence-electron chi connectivity index (χ0n) is 24.2. The average molecular weight is 574 g/mol. The Morgan fingerprint density at radius 3 is 2.17 bits per heavy atom.